The highest BCUT2D eigenvalue weighted by atomic mass is 16.4. The Morgan fingerprint density at radius 1 is 1.57 bits per heavy atom. The first-order valence-electron chi connectivity index (χ1n) is 4.45. The van der Waals surface area contributed by atoms with Crippen LogP contribution in [0.25, 0.3) is 0 Å². The van der Waals surface area contributed by atoms with Gasteiger partial charge in [-0.25, -0.2) is 9.59 Å². The maximum atomic E-state index is 11.1. The Labute approximate surface area is 81.3 Å². The molecule has 4 N–H and O–H groups in total. The molecule has 0 aromatic rings. The Balaban J connectivity index is 2.27. The lowest BCUT2D eigenvalue weighted by atomic mass is 10.3. The van der Waals surface area contributed by atoms with Gasteiger partial charge in [-0.05, 0) is 12.3 Å². The third kappa shape index (κ3) is 2.88. The molecule has 1 saturated carbocycles. The Hall–Kier alpha value is -1.30. The van der Waals surface area contributed by atoms with Crippen LogP contribution in [-0.2, 0) is 4.79 Å². The Bertz CT molecular complexity index is 243. The number of aliphatic hydroxyl groups excluding tert-OH is 1. The molecule has 3 unspecified atom stereocenters. The highest BCUT2D eigenvalue weighted by Gasteiger charge is 2.34. The number of carbonyl (C=O) groups excluding carboxylic acids is 1. The van der Waals surface area contributed by atoms with Crippen LogP contribution in [0.5, 0.6) is 0 Å². The lowest BCUT2D eigenvalue weighted by molar-refractivity contribution is -0.140. The number of rotatable bonds is 4. The molecule has 2 amide bonds. The van der Waals surface area contributed by atoms with Crippen molar-refractivity contribution in [3.8, 4) is 0 Å². The summed E-state index contributed by atoms with van der Waals surface area (Å²) in [7, 11) is 0. The fourth-order valence-electron chi connectivity index (χ4n) is 1.08. The maximum absolute atomic E-state index is 11.1. The predicted octanol–water partition coefficient (Wildman–Crippen LogP) is -0.861. The standard InChI is InChI=1S/C8H14N2O4/c1-4-2-5(4)9-8(14)10-6(3-11)7(12)13/h4-6,11H,2-3H2,1H3,(H,12,13)(H2,9,10,14). The highest BCUT2D eigenvalue weighted by molar-refractivity contribution is 5.82. The van der Waals surface area contributed by atoms with E-state index in [4.69, 9.17) is 10.2 Å². The first kappa shape index (κ1) is 10.8. The summed E-state index contributed by atoms with van der Waals surface area (Å²) >= 11 is 0. The fraction of sp³-hybridized carbons (Fsp3) is 0.750. The summed E-state index contributed by atoms with van der Waals surface area (Å²) in [5.74, 6) is -0.787. The molecule has 6 nitrogen and oxygen atoms in total. The molecule has 14 heavy (non-hydrogen) atoms. The largest absolute Gasteiger partial charge is 0.480 e. The van der Waals surface area contributed by atoms with Crippen molar-refractivity contribution in [3.63, 3.8) is 0 Å². The van der Waals surface area contributed by atoms with Crippen molar-refractivity contribution in [1.82, 2.24) is 10.6 Å². The summed E-state index contributed by atoms with van der Waals surface area (Å²) in [6.45, 7) is 1.38. The Kier molecular flexibility index (Phi) is 3.29. The number of urea groups is 1. The van der Waals surface area contributed by atoms with Gasteiger partial charge in [0.05, 0.1) is 6.61 Å². The molecule has 0 radical (unpaired) electrons. The van der Waals surface area contributed by atoms with E-state index in [-0.39, 0.29) is 6.04 Å². The van der Waals surface area contributed by atoms with E-state index in [1.165, 1.54) is 0 Å². The van der Waals surface area contributed by atoms with Crippen LogP contribution in [0.4, 0.5) is 4.79 Å². The number of carbonyl (C=O) groups is 2. The second kappa shape index (κ2) is 4.28. The Morgan fingerprint density at radius 2 is 2.14 bits per heavy atom. The summed E-state index contributed by atoms with van der Waals surface area (Å²) in [6.07, 6.45) is 0.921. The van der Waals surface area contributed by atoms with Crippen molar-refractivity contribution in [2.45, 2.75) is 25.4 Å². The number of aliphatic hydroxyl groups is 1. The minimum absolute atomic E-state index is 0.142. The maximum Gasteiger partial charge on any atom is 0.328 e. The molecule has 1 aliphatic carbocycles. The number of amides is 2. The van der Waals surface area contributed by atoms with Crippen molar-refractivity contribution in [3.05, 3.63) is 0 Å². The molecule has 0 aromatic heterocycles. The number of nitrogens with one attached hydrogen (secondary N) is 2. The zero-order chi connectivity index (χ0) is 10.7. The molecule has 0 aromatic carbocycles. The fourth-order valence-corrected chi connectivity index (χ4v) is 1.08. The molecule has 0 heterocycles. The number of carboxylic acids is 1. The minimum Gasteiger partial charge on any atom is -0.480 e. The van der Waals surface area contributed by atoms with Gasteiger partial charge in [-0.1, -0.05) is 6.92 Å². The van der Waals surface area contributed by atoms with Gasteiger partial charge in [0.1, 0.15) is 0 Å². The lowest BCUT2D eigenvalue weighted by Crippen LogP contribution is -2.48. The van der Waals surface area contributed by atoms with Gasteiger partial charge in [0, 0.05) is 6.04 Å². The van der Waals surface area contributed by atoms with Gasteiger partial charge in [0.15, 0.2) is 6.04 Å². The van der Waals surface area contributed by atoms with Gasteiger partial charge in [-0.3, -0.25) is 0 Å². The van der Waals surface area contributed by atoms with E-state index in [2.05, 4.69) is 10.6 Å². The van der Waals surface area contributed by atoms with Gasteiger partial charge in [0.25, 0.3) is 0 Å². The molecule has 1 rings (SSSR count). The zero-order valence-corrected chi connectivity index (χ0v) is 7.86. The van der Waals surface area contributed by atoms with Crippen LogP contribution in [0.1, 0.15) is 13.3 Å². The van der Waals surface area contributed by atoms with Crippen molar-refractivity contribution in [2.24, 2.45) is 5.92 Å². The van der Waals surface area contributed by atoms with E-state index in [1.807, 2.05) is 6.92 Å². The van der Waals surface area contributed by atoms with Gasteiger partial charge < -0.3 is 20.8 Å². The van der Waals surface area contributed by atoms with Crippen molar-refractivity contribution < 1.29 is 19.8 Å². The topological polar surface area (TPSA) is 98.7 Å². The lowest BCUT2D eigenvalue weighted by Gasteiger charge is -2.12. The molecule has 1 fully saturated rings. The molecular weight excluding hydrogens is 188 g/mol. The van der Waals surface area contributed by atoms with Crippen LogP contribution in [0, 0.1) is 5.92 Å². The summed E-state index contributed by atoms with van der Waals surface area (Å²) in [4.78, 5) is 21.5. The van der Waals surface area contributed by atoms with E-state index in [0.717, 1.165) is 6.42 Å². The molecule has 6 heteroatoms. The summed E-state index contributed by atoms with van der Waals surface area (Å²) in [6, 6.07) is -1.63. The van der Waals surface area contributed by atoms with E-state index < -0.39 is 24.6 Å². The van der Waals surface area contributed by atoms with Crippen LogP contribution in [0.3, 0.4) is 0 Å². The normalized spacial score (nSPS) is 26.4. The first-order chi connectivity index (χ1) is 6.54. The summed E-state index contributed by atoms with van der Waals surface area (Å²) in [5, 5.41) is 21.9. The van der Waals surface area contributed by atoms with Crippen LogP contribution < -0.4 is 10.6 Å². The van der Waals surface area contributed by atoms with E-state index in [1.54, 1.807) is 0 Å². The second-order valence-electron chi connectivity index (χ2n) is 3.51. The highest BCUT2D eigenvalue weighted by Crippen LogP contribution is 2.28. The second-order valence-corrected chi connectivity index (χ2v) is 3.51. The third-order valence-corrected chi connectivity index (χ3v) is 2.21. The molecule has 0 aliphatic heterocycles. The van der Waals surface area contributed by atoms with Crippen molar-refractivity contribution >= 4 is 12.0 Å². The third-order valence-electron chi connectivity index (χ3n) is 2.21. The van der Waals surface area contributed by atoms with Gasteiger partial charge >= 0.3 is 12.0 Å². The average molecular weight is 202 g/mol. The van der Waals surface area contributed by atoms with Gasteiger partial charge in [-0.15, -0.1) is 0 Å². The van der Waals surface area contributed by atoms with E-state index >= 15 is 0 Å². The van der Waals surface area contributed by atoms with Gasteiger partial charge in [-0.2, -0.15) is 0 Å². The number of carboxylic acid groups (broad SMARTS) is 1. The van der Waals surface area contributed by atoms with Gasteiger partial charge in [0.2, 0.25) is 0 Å². The Morgan fingerprint density at radius 3 is 2.50 bits per heavy atom. The smallest absolute Gasteiger partial charge is 0.328 e. The number of hydrogen-bond donors (Lipinski definition) is 4. The van der Waals surface area contributed by atoms with Crippen LogP contribution in [0.2, 0.25) is 0 Å². The predicted molar refractivity (Wildman–Crippen MR) is 47.7 cm³/mol. The number of hydrogen-bond acceptors (Lipinski definition) is 3. The molecule has 3 atom stereocenters. The van der Waals surface area contributed by atoms with E-state index in [9.17, 15) is 9.59 Å². The molecular formula is C8H14N2O4. The average Bonchev–Trinajstić information content (AvgIpc) is 2.77. The molecule has 0 spiro atoms. The quantitative estimate of drug-likeness (QED) is 0.476. The SMILES string of the molecule is CC1CC1NC(=O)NC(CO)C(=O)O. The summed E-state index contributed by atoms with van der Waals surface area (Å²) in [5.41, 5.74) is 0. The molecule has 0 bridgehead atoms. The minimum atomic E-state index is -1.24. The molecule has 80 valence electrons. The monoisotopic (exact) mass is 202 g/mol. The van der Waals surface area contributed by atoms with Crippen molar-refractivity contribution in [1.29, 1.82) is 0 Å². The number of aliphatic carboxylic acids is 1. The van der Waals surface area contributed by atoms with E-state index in [0.29, 0.717) is 5.92 Å². The molecule has 1 aliphatic rings. The first-order valence-corrected chi connectivity index (χ1v) is 4.45. The van der Waals surface area contributed by atoms with Crippen LogP contribution in [0.15, 0.2) is 0 Å². The summed E-state index contributed by atoms with van der Waals surface area (Å²) < 4.78 is 0. The molecule has 0 saturated heterocycles. The van der Waals surface area contributed by atoms with Crippen LogP contribution in [-0.4, -0.2) is 40.9 Å². The van der Waals surface area contributed by atoms with Crippen LogP contribution >= 0.6 is 0 Å². The zero-order valence-electron chi connectivity index (χ0n) is 7.86. The van der Waals surface area contributed by atoms with Crippen molar-refractivity contribution in [2.75, 3.05) is 6.61 Å².